The third-order valence-corrected chi connectivity index (χ3v) is 6.01. The van der Waals surface area contributed by atoms with E-state index in [2.05, 4.69) is 17.1 Å². The Morgan fingerprint density at radius 3 is 2.48 bits per heavy atom. The van der Waals surface area contributed by atoms with Crippen molar-refractivity contribution in [3.05, 3.63) is 35.4 Å². The van der Waals surface area contributed by atoms with Gasteiger partial charge in [0.25, 0.3) is 5.91 Å². The Kier molecular flexibility index (Phi) is 6.40. The first-order chi connectivity index (χ1) is 13.0. The minimum absolute atomic E-state index is 0.0354. The van der Waals surface area contributed by atoms with E-state index in [1.807, 2.05) is 24.3 Å². The second-order valence-corrected chi connectivity index (χ2v) is 8.30. The van der Waals surface area contributed by atoms with Crippen molar-refractivity contribution in [1.29, 1.82) is 0 Å². The van der Waals surface area contributed by atoms with Gasteiger partial charge in [0, 0.05) is 39.3 Å². The zero-order valence-corrected chi connectivity index (χ0v) is 17.1. The van der Waals surface area contributed by atoms with Gasteiger partial charge < -0.3 is 15.1 Å². The molecule has 1 heterocycles. The maximum atomic E-state index is 12.0. The fraction of sp³-hybridized carbons (Fsp3) is 0.636. The zero-order valence-electron chi connectivity index (χ0n) is 17.1. The van der Waals surface area contributed by atoms with Crippen molar-refractivity contribution < 1.29 is 4.79 Å². The average Bonchev–Trinajstić information content (AvgIpc) is 3.08. The van der Waals surface area contributed by atoms with Gasteiger partial charge >= 0.3 is 0 Å². The highest BCUT2D eigenvalue weighted by atomic mass is 16.2. The van der Waals surface area contributed by atoms with Crippen LogP contribution in [0.25, 0.3) is 0 Å². The summed E-state index contributed by atoms with van der Waals surface area (Å²) in [6.07, 6.45) is 8.24. The Bertz CT molecular complexity index is 659. The maximum Gasteiger partial charge on any atom is 0.253 e. The Balaban J connectivity index is 1.65. The SMILES string of the molecule is CCNC(=NCc1ccc(C(=O)N(C)C)cc1)N1CCC2(CCCCC2)C1. The molecule has 2 fully saturated rings. The monoisotopic (exact) mass is 370 g/mol. The van der Waals surface area contributed by atoms with Gasteiger partial charge in [-0.2, -0.15) is 0 Å². The predicted octanol–water partition coefficient (Wildman–Crippen LogP) is 3.51. The van der Waals surface area contributed by atoms with Crippen molar-refractivity contribution in [2.24, 2.45) is 10.4 Å². The van der Waals surface area contributed by atoms with Gasteiger partial charge in [-0.15, -0.1) is 0 Å². The van der Waals surface area contributed by atoms with Gasteiger partial charge in [-0.25, -0.2) is 4.99 Å². The number of benzene rings is 1. The summed E-state index contributed by atoms with van der Waals surface area (Å²) in [6, 6.07) is 7.81. The van der Waals surface area contributed by atoms with Crippen LogP contribution in [-0.2, 0) is 6.54 Å². The number of likely N-dealkylation sites (tertiary alicyclic amines) is 1. The lowest BCUT2D eigenvalue weighted by Gasteiger charge is -2.33. The van der Waals surface area contributed by atoms with Gasteiger partial charge in [0.15, 0.2) is 5.96 Å². The molecule has 0 bridgehead atoms. The van der Waals surface area contributed by atoms with Crippen LogP contribution in [0.1, 0.15) is 61.4 Å². The van der Waals surface area contributed by atoms with Crippen molar-refractivity contribution in [2.45, 2.75) is 52.0 Å². The van der Waals surface area contributed by atoms with Gasteiger partial charge in [0.2, 0.25) is 0 Å². The lowest BCUT2D eigenvalue weighted by molar-refractivity contribution is 0.0827. The smallest absolute Gasteiger partial charge is 0.253 e. The van der Waals surface area contributed by atoms with E-state index in [9.17, 15) is 4.79 Å². The first-order valence-electron chi connectivity index (χ1n) is 10.4. The molecular weight excluding hydrogens is 336 g/mol. The van der Waals surface area contributed by atoms with E-state index in [-0.39, 0.29) is 5.91 Å². The molecule has 0 atom stereocenters. The summed E-state index contributed by atoms with van der Waals surface area (Å²) in [5.41, 5.74) is 2.38. The molecule has 0 radical (unpaired) electrons. The molecule has 148 valence electrons. The minimum atomic E-state index is 0.0354. The number of carbonyl (C=O) groups excluding carboxylic acids is 1. The number of carbonyl (C=O) groups is 1. The summed E-state index contributed by atoms with van der Waals surface area (Å²) >= 11 is 0. The largest absolute Gasteiger partial charge is 0.357 e. The lowest BCUT2D eigenvalue weighted by atomic mass is 9.73. The number of hydrogen-bond donors (Lipinski definition) is 1. The van der Waals surface area contributed by atoms with E-state index in [0.29, 0.717) is 12.0 Å². The second-order valence-electron chi connectivity index (χ2n) is 8.30. The highest BCUT2D eigenvalue weighted by molar-refractivity contribution is 5.93. The van der Waals surface area contributed by atoms with Gasteiger partial charge in [-0.05, 0) is 49.3 Å². The van der Waals surface area contributed by atoms with Crippen LogP contribution < -0.4 is 5.32 Å². The molecular formula is C22H34N4O. The molecule has 1 amide bonds. The van der Waals surface area contributed by atoms with Crippen LogP contribution in [0.5, 0.6) is 0 Å². The molecule has 5 heteroatoms. The second kappa shape index (κ2) is 8.77. The van der Waals surface area contributed by atoms with Gasteiger partial charge in [-0.1, -0.05) is 31.4 Å². The Labute approximate surface area is 163 Å². The quantitative estimate of drug-likeness (QED) is 0.652. The molecule has 1 aromatic rings. The minimum Gasteiger partial charge on any atom is -0.357 e. The molecule has 1 N–H and O–H groups in total. The molecule has 27 heavy (non-hydrogen) atoms. The first kappa shape index (κ1) is 19.7. The number of nitrogens with zero attached hydrogens (tertiary/aromatic N) is 3. The molecule has 1 aliphatic heterocycles. The molecule has 3 rings (SSSR count). The van der Waals surface area contributed by atoms with Crippen molar-refractivity contribution in [3.8, 4) is 0 Å². The summed E-state index contributed by atoms with van der Waals surface area (Å²) in [7, 11) is 3.55. The van der Waals surface area contributed by atoms with E-state index in [1.54, 1.807) is 19.0 Å². The molecule has 1 saturated heterocycles. The molecule has 1 saturated carbocycles. The Morgan fingerprint density at radius 1 is 1.15 bits per heavy atom. The van der Waals surface area contributed by atoms with Crippen LogP contribution in [0.3, 0.4) is 0 Å². The summed E-state index contributed by atoms with van der Waals surface area (Å²) in [5.74, 6) is 1.07. The summed E-state index contributed by atoms with van der Waals surface area (Å²) < 4.78 is 0. The van der Waals surface area contributed by atoms with Crippen LogP contribution in [0.2, 0.25) is 0 Å². The normalized spacial score (nSPS) is 19.4. The zero-order chi connectivity index (χ0) is 19.3. The Morgan fingerprint density at radius 2 is 1.85 bits per heavy atom. The third-order valence-electron chi connectivity index (χ3n) is 6.01. The van der Waals surface area contributed by atoms with E-state index in [1.165, 1.54) is 38.5 Å². The molecule has 0 aromatic heterocycles. The number of rotatable bonds is 4. The summed E-state index contributed by atoms with van der Waals surface area (Å²) in [5, 5.41) is 3.48. The van der Waals surface area contributed by atoms with Gasteiger partial charge in [-0.3, -0.25) is 4.79 Å². The highest BCUT2D eigenvalue weighted by Gasteiger charge is 2.39. The Hall–Kier alpha value is -2.04. The van der Waals surface area contributed by atoms with Crippen LogP contribution in [0.4, 0.5) is 0 Å². The van der Waals surface area contributed by atoms with Crippen molar-refractivity contribution in [1.82, 2.24) is 15.1 Å². The topological polar surface area (TPSA) is 47.9 Å². The predicted molar refractivity (Wildman–Crippen MR) is 111 cm³/mol. The molecule has 0 unspecified atom stereocenters. The third kappa shape index (κ3) is 4.82. The molecule has 5 nitrogen and oxygen atoms in total. The number of hydrogen-bond acceptors (Lipinski definition) is 2. The average molecular weight is 371 g/mol. The number of guanidine groups is 1. The summed E-state index contributed by atoms with van der Waals surface area (Å²) in [4.78, 5) is 21.0. The summed E-state index contributed by atoms with van der Waals surface area (Å²) in [6.45, 7) is 5.92. The lowest BCUT2D eigenvalue weighted by Crippen LogP contribution is -2.41. The standard InChI is InChI=1S/C22H34N4O/c1-4-23-21(26-15-14-22(17-26)12-6-5-7-13-22)24-16-18-8-10-19(11-9-18)20(27)25(2)3/h8-11H,4-7,12-17H2,1-3H3,(H,23,24). The number of aliphatic imine (C=N–C) groups is 1. The van der Waals surface area contributed by atoms with Crippen molar-refractivity contribution in [2.75, 3.05) is 33.7 Å². The van der Waals surface area contributed by atoms with E-state index in [0.717, 1.165) is 36.7 Å². The van der Waals surface area contributed by atoms with E-state index < -0.39 is 0 Å². The van der Waals surface area contributed by atoms with Crippen LogP contribution >= 0.6 is 0 Å². The maximum absolute atomic E-state index is 12.0. The fourth-order valence-corrected chi connectivity index (χ4v) is 4.43. The van der Waals surface area contributed by atoms with Gasteiger partial charge in [0.1, 0.15) is 0 Å². The number of amides is 1. The van der Waals surface area contributed by atoms with Crippen LogP contribution in [0, 0.1) is 5.41 Å². The van der Waals surface area contributed by atoms with E-state index in [4.69, 9.17) is 4.99 Å². The van der Waals surface area contributed by atoms with Gasteiger partial charge in [0.05, 0.1) is 6.54 Å². The van der Waals surface area contributed by atoms with Crippen LogP contribution in [0.15, 0.2) is 29.3 Å². The number of nitrogens with one attached hydrogen (secondary N) is 1. The molecule has 2 aliphatic rings. The highest BCUT2D eigenvalue weighted by Crippen LogP contribution is 2.43. The molecule has 1 aliphatic carbocycles. The first-order valence-corrected chi connectivity index (χ1v) is 10.4. The van der Waals surface area contributed by atoms with Crippen molar-refractivity contribution in [3.63, 3.8) is 0 Å². The van der Waals surface area contributed by atoms with Crippen LogP contribution in [-0.4, -0.2) is 55.4 Å². The van der Waals surface area contributed by atoms with Crippen molar-refractivity contribution >= 4 is 11.9 Å². The fourth-order valence-electron chi connectivity index (χ4n) is 4.43. The van der Waals surface area contributed by atoms with E-state index >= 15 is 0 Å². The molecule has 1 aromatic carbocycles. The molecule has 1 spiro atoms.